The molecule has 0 amide bonds. The van der Waals surface area contributed by atoms with Crippen molar-refractivity contribution in [2.24, 2.45) is 0 Å². The Labute approximate surface area is 95.0 Å². The largest absolute Gasteiger partial charge is 0.492 e. The molecule has 1 aliphatic rings. The van der Waals surface area contributed by atoms with Crippen molar-refractivity contribution >= 4 is 0 Å². The molecule has 1 fully saturated rings. The summed E-state index contributed by atoms with van der Waals surface area (Å²) in [7, 11) is 0. The van der Waals surface area contributed by atoms with Gasteiger partial charge in [0.05, 0.1) is 0 Å². The highest BCUT2D eigenvalue weighted by Gasteiger charge is 2.12. The molecule has 88 valence electrons. The lowest BCUT2D eigenvalue weighted by molar-refractivity contribution is 0.305. The summed E-state index contributed by atoms with van der Waals surface area (Å²) in [5.41, 5.74) is 0. The lowest BCUT2D eigenvalue weighted by atomic mass is 10.3. The van der Waals surface area contributed by atoms with Crippen LogP contribution in [0.3, 0.4) is 0 Å². The molecule has 0 aromatic heterocycles. The molecular weight excluding hydrogens is 207 g/mol. The predicted molar refractivity (Wildman–Crippen MR) is 61.2 cm³/mol. The van der Waals surface area contributed by atoms with Gasteiger partial charge in [-0.3, -0.25) is 0 Å². The molecule has 0 spiro atoms. The van der Waals surface area contributed by atoms with E-state index in [0.717, 1.165) is 19.6 Å². The smallest absolute Gasteiger partial charge is 0.126 e. The summed E-state index contributed by atoms with van der Waals surface area (Å²) in [6.45, 7) is 3.48. The van der Waals surface area contributed by atoms with E-state index in [9.17, 15) is 4.39 Å². The van der Waals surface area contributed by atoms with Crippen LogP contribution in [0.15, 0.2) is 24.3 Å². The van der Waals surface area contributed by atoms with E-state index in [0.29, 0.717) is 18.4 Å². The molecule has 1 aliphatic heterocycles. The maximum atomic E-state index is 12.8. The number of nitrogens with one attached hydrogen (secondary N) is 2. The van der Waals surface area contributed by atoms with Crippen molar-refractivity contribution in [1.82, 2.24) is 10.6 Å². The van der Waals surface area contributed by atoms with Gasteiger partial charge in [-0.2, -0.15) is 0 Å². The fourth-order valence-corrected chi connectivity index (χ4v) is 1.82. The normalized spacial score (nSPS) is 19.9. The van der Waals surface area contributed by atoms with Crippen LogP contribution in [0, 0.1) is 5.82 Å². The van der Waals surface area contributed by atoms with Crippen LogP contribution >= 0.6 is 0 Å². The third-order valence-corrected chi connectivity index (χ3v) is 2.66. The minimum absolute atomic E-state index is 0.259. The van der Waals surface area contributed by atoms with Crippen molar-refractivity contribution < 1.29 is 9.13 Å². The van der Waals surface area contributed by atoms with Crippen LogP contribution < -0.4 is 15.4 Å². The van der Waals surface area contributed by atoms with Crippen molar-refractivity contribution in [3.05, 3.63) is 30.1 Å². The van der Waals surface area contributed by atoms with E-state index in [-0.39, 0.29) is 5.82 Å². The Morgan fingerprint density at radius 2 is 2.44 bits per heavy atom. The summed E-state index contributed by atoms with van der Waals surface area (Å²) >= 11 is 0. The molecule has 4 heteroatoms. The fourth-order valence-electron chi connectivity index (χ4n) is 1.82. The summed E-state index contributed by atoms with van der Waals surface area (Å²) in [6, 6.07) is 6.78. The summed E-state index contributed by atoms with van der Waals surface area (Å²) in [5, 5.41) is 6.67. The van der Waals surface area contributed by atoms with Gasteiger partial charge in [-0.25, -0.2) is 4.39 Å². The average Bonchev–Trinajstić information content (AvgIpc) is 2.77. The maximum absolute atomic E-state index is 12.8. The van der Waals surface area contributed by atoms with E-state index < -0.39 is 0 Å². The van der Waals surface area contributed by atoms with E-state index in [1.807, 2.05) is 0 Å². The minimum atomic E-state index is -0.259. The monoisotopic (exact) mass is 224 g/mol. The number of hydrogen-bond donors (Lipinski definition) is 2. The third kappa shape index (κ3) is 3.47. The molecule has 0 radical (unpaired) electrons. The van der Waals surface area contributed by atoms with E-state index in [1.54, 1.807) is 12.1 Å². The van der Waals surface area contributed by atoms with Crippen LogP contribution in [-0.2, 0) is 0 Å². The second kappa shape index (κ2) is 5.82. The Morgan fingerprint density at radius 3 is 3.19 bits per heavy atom. The van der Waals surface area contributed by atoms with Gasteiger partial charge < -0.3 is 15.4 Å². The summed E-state index contributed by atoms with van der Waals surface area (Å²) < 4.78 is 18.2. The highest BCUT2D eigenvalue weighted by atomic mass is 19.1. The van der Waals surface area contributed by atoms with Gasteiger partial charge in [-0.15, -0.1) is 0 Å². The van der Waals surface area contributed by atoms with Gasteiger partial charge in [0, 0.05) is 25.2 Å². The van der Waals surface area contributed by atoms with Crippen molar-refractivity contribution in [2.75, 3.05) is 26.2 Å². The molecule has 16 heavy (non-hydrogen) atoms. The van der Waals surface area contributed by atoms with E-state index in [4.69, 9.17) is 4.74 Å². The zero-order valence-corrected chi connectivity index (χ0v) is 9.21. The zero-order chi connectivity index (χ0) is 11.2. The average molecular weight is 224 g/mol. The first kappa shape index (κ1) is 11.4. The Kier molecular flexibility index (Phi) is 4.13. The number of ether oxygens (including phenoxy) is 1. The second-order valence-corrected chi connectivity index (χ2v) is 3.95. The van der Waals surface area contributed by atoms with Gasteiger partial charge in [-0.1, -0.05) is 6.07 Å². The summed E-state index contributed by atoms with van der Waals surface area (Å²) in [5.74, 6) is 0.330. The number of hydrogen-bond acceptors (Lipinski definition) is 3. The standard InChI is InChI=1S/C12H17FN2O/c13-10-2-1-3-12(8-10)16-7-6-15-11-4-5-14-9-11/h1-3,8,11,14-15H,4-7,9H2. The molecule has 0 saturated carbocycles. The van der Waals surface area contributed by atoms with Gasteiger partial charge in [0.15, 0.2) is 0 Å². The molecule has 1 atom stereocenters. The number of rotatable bonds is 5. The van der Waals surface area contributed by atoms with Crippen LogP contribution in [0.4, 0.5) is 4.39 Å². The van der Waals surface area contributed by atoms with E-state index in [2.05, 4.69) is 10.6 Å². The van der Waals surface area contributed by atoms with Crippen molar-refractivity contribution in [1.29, 1.82) is 0 Å². The quantitative estimate of drug-likeness (QED) is 0.736. The van der Waals surface area contributed by atoms with Crippen molar-refractivity contribution in [3.63, 3.8) is 0 Å². The molecule has 2 N–H and O–H groups in total. The van der Waals surface area contributed by atoms with Crippen LogP contribution in [0.1, 0.15) is 6.42 Å². The molecule has 1 unspecified atom stereocenters. The Hall–Kier alpha value is -1.13. The minimum Gasteiger partial charge on any atom is -0.492 e. The SMILES string of the molecule is Fc1cccc(OCCNC2CCNC2)c1. The topological polar surface area (TPSA) is 33.3 Å². The maximum Gasteiger partial charge on any atom is 0.126 e. The van der Waals surface area contributed by atoms with Gasteiger partial charge in [-0.05, 0) is 25.1 Å². The van der Waals surface area contributed by atoms with Crippen LogP contribution in [-0.4, -0.2) is 32.3 Å². The predicted octanol–water partition coefficient (Wildman–Crippen LogP) is 1.16. The number of halogens is 1. The first-order chi connectivity index (χ1) is 7.84. The van der Waals surface area contributed by atoms with E-state index >= 15 is 0 Å². The van der Waals surface area contributed by atoms with E-state index in [1.165, 1.54) is 18.6 Å². The zero-order valence-electron chi connectivity index (χ0n) is 9.21. The molecule has 1 heterocycles. The molecule has 0 aliphatic carbocycles. The van der Waals surface area contributed by atoms with Gasteiger partial charge in [0.2, 0.25) is 0 Å². The highest BCUT2D eigenvalue weighted by molar-refractivity contribution is 5.22. The molecule has 1 saturated heterocycles. The third-order valence-electron chi connectivity index (χ3n) is 2.66. The van der Waals surface area contributed by atoms with Crippen molar-refractivity contribution in [3.8, 4) is 5.75 Å². The molecule has 3 nitrogen and oxygen atoms in total. The molecule has 2 rings (SSSR count). The van der Waals surface area contributed by atoms with Gasteiger partial charge in [0.25, 0.3) is 0 Å². The highest BCUT2D eigenvalue weighted by Crippen LogP contribution is 2.11. The Balaban J connectivity index is 1.64. The van der Waals surface area contributed by atoms with Crippen molar-refractivity contribution in [2.45, 2.75) is 12.5 Å². The second-order valence-electron chi connectivity index (χ2n) is 3.95. The van der Waals surface area contributed by atoms with Gasteiger partial charge in [0.1, 0.15) is 18.2 Å². The molecule has 1 aromatic carbocycles. The fraction of sp³-hybridized carbons (Fsp3) is 0.500. The number of benzene rings is 1. The molecule has 1 aromatic rings. The van der Waals surface area contributed by atoms with Crippen LogP contribution in [0.25, 0.3) is 0 Å². The lowest BCUT2D eigenvalue weighted by Gasteiger charge is -2.11. The van der Waals surface area contributed by atoms with Crippen LogP contribution in [0.2, 0.25) is 0 Å². The van der Waals surface area contributed by atoms with Gasteiger partial charge >= 0.3 is 0 Å². The first-order valence-corrected chi connectivity index (χ1v) is 5.67. The molecule has 0 bridgehead atoms. The first-order valence-electron chi connectivity index (χ1n) is 5.67. The molecular formula is C12H17FN2O. The van der Waals surface area contributed by atoms with Crippen LogP contribution in [0.5, 0.6) is 5.75 Å². The summed E-state index contributed by atoms with van der Waals surface area (Å²) in [6.07, 6.45) is 1.17. The summed E-state index contributed by atoms with van der Waals surface area (Å²) in [4.78, 5) is 0. The Bertz CT molecular complexity index is 327. The Morgan fingerprint density at radius 1 is 1.50 bits per heavy atom. The lowest BCUT2D eigenvalue weighted by Crippen LogP contribution is -2.34.